The number of carbonyl (C=O) groups is 1. The predicted molar refractivity (Wildman–Crippen MR) is 203 cm³/mol. The fourth-order valence-electron chi connectivity index (χ4n) is 6.87. The number of benzene rings is 5. The molecule has 0 saturated heterocycles. The molecule has 10 heteroatoms. The molecule has 5 aromatic rings. The molecule has 0 fully saturated rings. The number of hydrogen-bond acceptors (Lipinski definition) is 10. The van der Waals surface area contributed by atoms with Gasteiger partial charge in [0.05, 0.1) is 65.3 Å². The van der Waals surface area contributed by atoms with Crippen LogP contribution in [-0.4, -0.2) is 61.7 Å². The molecule has 0 spiro atoms. The van der Waals surface area contributed by atoms with Crippen LogP contribution in [0.1, 0.15) is 46.8 Å². The number of fused-ring (bicyclic) bond motifs is 2. The number of carbonyl (C=O) groups excluding carboxylic acids is 1. The molecule has 270 valence electrons. The van der Waals surface area contributed by atoms with Crippen molar-refractivity contribution in [2.75, 3.05) is 65.5 Å². The lowest BCUT2D eigenvalue weighted by Crippen LogP contribution is -2.22. The summed E-state index contributed by atoms with van der Waals surface area (Å²) in [7, 11) is 9.44. The first-order chi connectivity index (χ1) is 25.3. The molecular weight excluding hydrogens is 660 g/mol. The second kappa shape index (κ2) is 15.5. The maximum Gasteiger partial charge on any atom is 0.338 e. The number of esters is 1. The van der Waals surface area contributed by atoms with Crippen molar-refractivity contribution in [1.29, 1.82) is 0 Å². The Hall–Kier alpha value is -6.03. The van der Waals surface area contributed by atoms with Gasteiger partial charge in [-0.1, -0.05) is 24.3 Å². The average molecular weight is 705 g/mol. The van der Waals surface area contributed by atoms with Gasteiger partial charge in [0.25, 0.3) is 0 Å². The molecule has 0 aromatic heterocycles. The topological polar surface area (TPSA) is 88.2 Å². The summed E-state index contributed by atoms with van der Waals surface area (Å²) < 4.78 is 40.8. The Morgan fingerprint density at radius 1 is 0.577 bits per heavy atom. The van der Waals surface area contributed by atoms with Crippen LogP contribution in [0, 0.1) is 0 Å². The normalized spacial score (nSPS) is 12.8. The van der Waals surface area contributed by atoms with Crippen molar-refractivity contribution in [2.24, 2.45) is 0 Å². The van der Waals surface area contributed by atoms with E-state index in [-0.39, 0.29) is 0 Å². The molecule has 0 aliphatic carbocycles. The number of methoxy groups -OCH3 is 6. The van der Waals surface area contributed by atoms with E-state index in [1.807, 2.05) is 65.6 Å². The fourth-order valence-corrected chi connectivity index (χ4v) is 6.87. The second-order valence-electron chi connectivity index (χ2n) is 12.0. The first kappa shape index (κ1) is 35.8. The Balaban J connectivity index is 1.65. The molecule has 1 heterocycles. The standard InChI is InChI=1S/C42H44N2O8/c1-9-43(10-2)26-15-18-31-36(21-26)52-37-25-38(48-5)33(24-32(37)41(31)29-13-11-12-14-30(29)42(45)51-8)44(27-16-19-34(46-3)39(22-27)49-6)28-17-20-35(47-4)40(23-28)50-7/h11-25,41H,9-10H2,1-8H3. The SMILES string of the molecule is CCN(CC)c1ccc2c(c1)Oc1cc(OC)c(N(c3ccc(OC)c(OC)c3)c3ccc(OC)c(OC)c3)cc1C2c1ccccc1C(=O)OC. The Labute approximate surface area is 305 Å². The number of anilines is 4. The lowest BCUT2D eigenvalue weighted by Gasteiger charge is -2.34. The Kier molecular flexibility index (Phi) is 10.6. The first-order valence-corrected chi connectivity index (χ1v) is 17.0. The highest BCUT2D eigenvalue weighted by atomic mass is 16.5. The lowest BCUT2D eigenvalue weighted by molar-refractivity contribution is 0.0599. The summed E-state index contributed by atoms with van der Waals surface area (Å²) in [5.74, 6) is 3.31. The third-order valence-electron chi connectivity index (χ3n) is 9.45. The van der Waals surface area contributed by atoms with Crippen LogP contribution < -0.4 is 38.2 Å². The van der Waals surface area contributed by atoms with Gasteiger partial charge in [0, 0.05) is 60.1 Å². The minimum absolute atomic E-state index is 0.401. The van der Waals surface area contributed by atoms with Crippen molar-refractivity contribution in [3.63, 3.8) is 0 Å². The Morgan fingerprint density at radius 2 is 1.13 bits per heavy atom. The van der Waals surface area contributed by atoms with Gasteiger partial charge < -0.3 is 43.0 Å². The van der Waals surface area contributed by atoms with Gasteiger partial charge in [0.2, 0.25) is 0 Å². The van der Waals surface area contributed by atoms with E-state index in [1.165, 1.54) is 7.11 Å². The number of hydrogen-bond donors (Lipinski definition) is 0. The third kappa shape index (κ3) is 6.48. The van der Waals surface area contributed by atoms with E-state index in [1.54, 1.807) is 41.6 Å². The van der Waals surface area contributed by atoms with Crippen molar-refractivity contribution in [3.8, 4) is 40.2 Å². The van der Waals surface area contributed by atoms with Gasteiger partial charge in [0.1, 0.15) is 17.2 Å². The largest absolute Gasteiger partial charge is 0.494 e. The van der Waals surface area contributed by atoms with E-state index in [4.69, 9.17) is 33.2 Å². The van der Waals surface area contributed by atoms with Crippen LogP contribution in [0.25, 0.3) is 0 Å². The predicted octanol–water partition coefficient (Wildman–Crippen LogP) is 9.12. The molecule has 5 aromatic carbocycles. The smallest absolute Gasteiger partial charge is 0.338 e. The zero-order valence-electron chi connectivity index (χ0n) is 30.8. The molecular formula is C42H44N2O8. The maximum atomic E-state index is 13.3. The molecule has 10 nitrogen and oxygen atoms in total. The van der Waals surface area contributed by atoms with Gasteiger partial charge in [-0.25, -0.2) is 4.79 Å². The zero-order chi connectivity index (χ0) is 36.9. The highest BCUT2D eigenvalue weighted by molar-refractivity contribution is 5.92. The molecule has 0 saturated carbocycles. The second-order valence-corrected chi connectivity index (χ2v) is 12.0. The third-order valence-corrected chi connectivity index (χ3v) is 9.45. The van der Waals surface area contributed by atoms with Crippen LogP contribution in [-0.2, 0) is 4.74 Å². The van der Waals surface area contributed by atoms with Crippen molar-refractivity contribution in [3.05, 3.63) is 113 Å². The summed E-state index contributed by atoms with van der Waals surface area (Å²) in [6.07, 6.45) is 0. The molecule has 0 bridgehead atoms. The number of rotatable bonds is 13. The van der Waals surface area contributed by atoms with Crippen LogP contribution in [0.4, 0.5) is 22.7 Å². The lowest BCUT2D eigenvalue weighted by atomic mass is 9.80. The minimum atomic E-state index is -0.420. The van der Waals surface area contributed by atoms with Crippen molar-refractivity contribution in [2.45, 2.75) is 19.8 Å². The molecule has 52 heavy (non-hydrogen) atoms. The van der Waals surface area contributed by atoms with E-state index < -0.39 is 11.9 Å². The zero-order valence-corrected chi connectivity index (χ0v) is 30.8. The minimum Gasteiger partial charge on any atom is -0.494 e. The molecule has 0 radical (unpaired) electrons. The number of nitrogens with zero attached hydrogens (tertiary/aromatic N) is 2. The summed E-state index contributed by atoms with van der Waals surface area (Å²) in [5.41, 5.74) is 6.27. The molecule has 6 rings (SSSR count). The summed E-state index contributed by atoms with van der Waals surface area (Å²) in [5, 5.41) is 0. The van der Waals surface area contributed by atoms with Crippen LogP contribution in [0.2, 0.25) is 0 Å². The van der Waals surface area contributed by atoms with Crippen LogP contribution >= 0.6 is 0 Å². The maximum absolute atomic E-state index is 13.3. The molecule has 1 aliphatic heterocycles. The van der Waals surface area contributed by atoms with Crippen LogP contribution in [0.3, 0.4) is 0 Å². The van der Waals surface area contributed by atoms with Crippen molar-refractivity contribution in [1.82, 2.24) is 0 Å². The van der Waals surface area contributed by atoms with E-state index >= 15 is 0 Å². The van der Waals surface area contributed by atoms with Gasteiger partial charge in [-0.2, -0.15) is 0 Å². The average Bonchev–Trinajstić information content (AvgIpc) is 3.19. The summed E-state index contributed by atoms with van der Waals surface area (Å²) in [6, 6.07) is 29.2. The van der Waals surface area contributed by atoms with E-state index in [2.05, 4.69) is 43.0 Å². The van der Waals surface area contributed by atoms with Crippen molar-refractivity contribution >= 4 is 28.7 Å². The summed E-state index contributed by atoms with van der Waals surface area (Å²) in [6.45, 7) is 5.95. The van der Waals surface area contributed by atoms with E-state index in [9.17, 15) is 4.79 Å². The Bertz CT molecular complexity index is 2020. The highest BCUT2D eigenvalue weighted by Gasteiger charge is 2.34. The summed E-state index contributed by atoms with van der Waals surface area (Å²) >= 11 is 0. The van der Waals surface area contributed by atoms with Crippen LogP contribution in [0.15, 0.2) is 91.0 Å². The van der Waals surface area contributed by atoms with E-state index in [0.717, 1.165) is 46.8 Å². The van der Waals surface area contributed by atoms with Gasteiger partial charge in [-0.3, -0.25) is 0 Å². The molecule has 1 atom stereocenters. The molecule has 0 N–H and O–H groups in total. The summed E-state index contributed by atoms with van der Waals surface area (Å²) in [4.78, 5) is 17.6. The quantitative estimate of drug-likeness (QED) is 0.109. The molecule has 1 unspecified atom stereocenters. The van der Waals surface area contributed by atoms with Gasteiger partial charge in [0.15, 0.2) is 23.0 Å². The number of ether oxygens (including phenoxy) is 7. The van der Waals surface area contributed by atoms with Crippen LogP contribution in [0.5, 0.6) is 40.2 Å². The van der Waals surface area contributed by atoms with Gasteiger partial charge in [-0.05, 0) is 61.9 Å². The monoisotopic (exact) mass is 704 g/mol. The van der Waals surface area contributed by atoms with Gasteiger partial charge in [-0.15, -0.1) is 0 Å². The molecule has 1 aliphatic rings. The Morgan fingerprint density at radius 3 is 1.69 bits per heavy atom. The first-order valence-electron chi connectivity index (χ1n) is 17.0. The van der Waals surface area contributed by atoms with E-state index in [0.29, 0.717) is 51.5 Å². The highest BCUT2D eigenvalue weighted by Crippen LogP contribution is 2.54. The van der Waals surface area contributed by atoms with Gasteiger partial charge >= 0.3 is 5.97 Å². The van der Waals surface area contributed by atoms with Crippen molar-refractivity contribution < 1.29 is 38.0 Å². The molecule has 0 amide bonds. The fraction of sp³-hybridized carbons (Fsp3) is 0.262.